The summed E-state index contributed by atoms with van der Waals surface area (Å²) in [6.07, 6.45) is 2.10. The highest BCUT2D eigenvalue weighted by molar-refractivity contribution is 7.23. The van der Waals surface area contributed by atoms with Crippen LogP contribution < -0.4 is 0 Å². The zero-order valence-corrected chi connectivity index (χ0v) is 13.8. The number of aromatic nitrogens is 2. The van der Waals surface area contributed by atoms with Gasteiger partial charge in [-0.05, 0) is 12.8 Å². The van der Waals surface area contributed by atoms with Gasteiger partial charge in [0.1, 0.15) is 11.4 Å². The van der Waals surface area contributed by atoms with Gasteiger partial charge in [0.15, 0.2) is 0 Å². The summed E-state index contributed by atoms with van der Waals surface area (Å²) in [7, 11) is 0. The molecular weight excluding hydrogens is 288 g/mol. The van der Waals surface area contributed by atoms with Gasteiger partial charge in [-0.25, -0.2) is 9.97 Å². The Morgan fingerprint density at radius 3 is 1.65 bits per heavy atom. The molecule has 3 rings (SSSR count). The molecule has 0 amide bonds. The van der Waals surface area contributed by atoms with Gasteiger partial charge in [-0.3, -0.25) is 4.79 Å². The Balaban J connectivity index is 2.06. The predicted molar refractivity (Wildman–Crippen MR) is 84.1 cm³/mol. The van der Waals surface area contributed by atoms with E-state index in [1.54, 1.807) is 22.7 Å². The van der Waals surface area contributed by atoms with Gasteiger partial charge in [-0.1, -0.05) is 27.7 Å². The van der Waals surface area contributed by atoms with Crippen molar-refractivity contribution >= 4 is 28.5 Å². The third-order valence-corrected chi connectivity index (χ3v) is 6.73. The maximum atomic E-state index is 12.4. The summed E-state index contributed by atoms with van der Waals surface area (Å²) >= 11 is 3.34. The number of nitrogens with zero attached hydrogens (tertiary/aromatic N) is 2. The van der Waals surface area contributed by atoms with Crippen LogP contribution in [-0.2, 0) is 0 Å². The molecule has 0 spiro atoms. The fraction of sp³-hybridized carbons (Fsp3) is 0.533. The molecule has 0 radical (unpaired) electrons. The number of carbonyl (C=O) groups is 1. The molecule has 2 heterocycles. The quantitative estimate of drug-likeness (QED) is 0.693. The van der Waals surface area contributed by atoms with E-state index >= 15 is 0 Å². The molecule has 5 heteroatoms. The summed E-state index contributed by atoms with van der Waals surface area (Å²) < 4.78 is 0. The lowest BCUT2D eigenvalue weighted by molar-refractivity contribution is 0.103. The Bertz CT molecular complexity index is 615. The molecule has 2 aromatic rings. The van der Waals surface area contributed by atoms with Crippen molar-refractivity contribution in [3.05, 3.63) is 21.4 Å². The molecular formula is C15H18N2OS2. The van der Waals surface area contributed by atoms with Crippen molar-refractivity contribution in [1.82, 2.24) is 9.97 Å². The van der Waals surface area contributed by atoms with Crippen LogP contribution in [0.3, 0.4) is 0 Å². The van der Waals surface area contributed by atoms with E-state index in [2.05, 4.69) is 37.7 Å². The lowest BCUT2D eigenvalue weighted by atomic mass is 10.1. The summed E-state index contributed by atoms with van der Waals surface area (Å²) in [4.78, 5) is 23.6. The molecule has 0 aliphatic heterocycles. The van der Waals surface area contributed by atoms with Gasteiger partial charge in [0, 0.05) is 11.8 Å². The highest BCUT2D eigenvalue weighted by atomic mass is 32.1. The fourth-order valence-electron chi connectivity index (χ4n) is 2.17. The summed E-state index contributed by atoms with van der Waals surface area (Å²) in [6.45, 7) is 8.63. The van der Waals surface area contributed by atoms with Gasteiger partial charge in [0.25, 0.3) is 0 Å². The van der Waals surface area contributed by atoms with Gasteiger partial charge >= 0.3 is 0 Å². The van der Waals surface area contributed by atoms with Crippen molar-refractivity contribution in [1.29, 1.82) is 0 Å². The highest BCUT2D eigenvalue weighted by Gasteiger charge is 2.36. The van der Waals surface area contributed by atoms with Gasteiger partial charge in [0.05, 0.1) is 19.8 Å². The van der Waals surface area contributed by atoms with Gasteiger partial charge in [0.2, 0.25) is 5.78 Å². The van der Waals surface area contributed by atoms with Crippen LogP contribution in [-0.4, -0.2) is 15.8 Å². The van der Waals surface area contributed by atoms with E-state index in [9.17, 15) is 4.79 Å². The van der Waals surface area contributed by atoms with E-state index in [0.29, 0.717) is 23.2 Å². The maximum Gasteiger partial charge on any atom is 0.232 e. The van der Waals surface area contributed by atoms with E-state index in [1.807, 2.05) is 0 Å². The van der Waals surface area contributed by atoms with Crippen LogP contribution in [0.2, 0.25) is 0 Å². The Morgan fingerprint density at radius 2 is 1.30 bits per heavy atom. The van der Waals surface area contributed by atoms with Crippen LogP contribution in [0.15, 0.2) is 0 Å². The van der Waals surface area contributed by atoms with Crippen LogP contribution in [0, 0.1) is 0 Å². The summed E-state index contributed by atoms with van der Waals surface area (Å²) in [5, 5.41) is 2.16. The van der Waals surface area contributed by atoms with Crippen molar-refractivity contribution in [3.8, 4) is 9.75 Å². The number of rotatable bonds is 4. The lowest BCUT2D eigenvalue weighted by Gasteiger charge is -2.02. The van der Waals surface area contributed by atoms with Crippen molar-refractivity contribution < 1.29 is 4.79 Å². The van der Waals surface area contributed by atoms with Gasteiger partial charge < -0.3 is 0 Å². The monoisotopic (exact) mass is 306 g/mol. The third kappa shape index (κ3) is 1.95. The Labute approximate surface area is 127 Å². The van der Waals surface area contributed by atoms with Gasteiger partial charge in [-0.15, -0.1) is 22.7 Å². The van der Waals surface area contributed by atoms with Crippen LogP contribution in [0.1, 0.15) is 78.6 Å². The standard InChI is InChI=1S/C15H18N2OS2/c1-5-7(3)14-16-9-11(18)10-13(12(9)19-14)20-15(17-10)8(4)6-2/h7-8H,5-6H2,1-4H3. The van der Waals surface area contributed by atoms with E-state index < -0.39 is 0 Å². The van der Waals surface area contributed by atoms with Crippen molar-refractivity contribution in [2.75, 3.05) is 0 Å². The molecule has 0 saturated heterocycles. The molecule has 20 heavy (non-hydrogen) atoms. The fourth-order valence-corrected chi connectivity index (χ4v) is 4.70. The second-order valence-electron chi connectivity index (χ2n) is 5.41. The van der Waals surface area contributed by atoms with E-state index in [-0.39, 0.29) is 5.78 Å². The zero-order chi connectivity index (χ0) is 14.4. The molecule has 0 aromatic carbocycles. The molecule has 1 aliphatic rings. The number of hydrogen-bond donors (Lipinski definition) is 0. The first-order chi connectivity index (χ1) is 9.56. The topological polar surface area (TPSA) is 42.9 Å². The van der Waals surface area contributed by atoms with Crippen molar-refractivity contribution in [2.45, 2.75) is 52.4 Å². The SMILES string of the molecule is CCC(C)c1nc2c(s1)-c1sc(C(C)CC)nc1C2=O. The second-order valence-corrected chi connectivity index (χ2v) is 7.47. The van der Waals surface area contributed by atoms with Crippen molar-refractivity contribution in [2.24, 2.45) is 0 Å². The molecule has 2 unspecified atom stereocenters. The Kier molecular flexibility index (Phi) is 3.50. The molecule has 0 fully saturated rings. The minimum absolute atomic E-state index is 0.0200. The predicted octanol–water partition coefficient (Wildman–Crippen LogP) is 4.84. The van der Waals surface area contributed by atoms with Gasteiger partial charge in [-0.2, -0.15) is 0 Å². The largest absolute Gasteiger partial charge is 0.285 e. The molecule has 2 atom stereocenters. The molecule has 2 aromatic heterocycles. The molecule has 3 nitrogen and oxygen atoms in total. The minimum Gasteiger partial charge on any atom is -0.285 e. The minimum atomic E-state index is 0.0200. The number of fused-ring (bicyclic) bond motifs is 3. The first-order valence-corrected chi connectivity index (χ1v) is 8.76. The molecule has 0 saturated carbocycles. The number of carbonyl (C=O) groups excluding carboxylic acids is 1. The Morgan fingerprint density at radius 1 is 0.900 bits per heavy atom. The molecule has 0 N–H and O–H groups in total. The maximum absolute atomic E-state index is 12.4. The number of hydrogen-bond acceptors (Lipinski definition) is 5. The van der Waals surface area contributed by atoms with E-state index in [1.165, 1.54) is 0 Å². The lowest BCUT2D eigenvalue weighted by Crippen LogP contribution is -2.01. The third-order valence-electron chi connectivity index (χ3n) is 3.99. The smallest absolute Gasteiger partial charge is 0.232 e. The normalized spacial score (nSPS) is 16.1. The average molecular weight is 306 g/mol. The average Bonchev–Trinajstić information content (AvgIpc) is 3.12. The first-order valence-electron chi connectivity index (χ1n) is 7.13. The van der Waals surface area contributed by atoms with E-state index in [4.69, 9.17) is 0 Å². The first kappa shape index (κ1) is 13.9. The number of ketones is 1. The Hall–Kier alpha value is -1.07. The van der Waals surface area contributed by atoms with Crippen LogP contribution in [0.25, 0.3) is 9.75 Å². The van der Waals surface area contributed by atoms with E-state index in [0.717, 1.165) is 32.6 Å². The summed E-state index contributed by atoms with van der Waals surface area (Å²) in [6, 6.07) is 0. The molecule has 1 aliphatic carbocycles. The van der Waals surface area contributed by atoms with Crippen LogP contribution in [0.4, 0.5) is 0 Å². The highest BCUT2D eigenvalue weighted by Crippen LogP contribution is 2.46. The summed E-state index contributed by atoms with van der Waals surface area (Å²) in [5.74, 6) is 0.860. The molecule has 0 bridgehead atoms. The second kappa shape index (κ2) is 5.04. The summed E-state index contributed by atoms with van der Waals surface area (Å²) in [5.41, 5.74) is 1.27. The van der Waals surface area contributed by atoms with Crippen LogP contribution in [0.5, 0.6) is 0 Å². The van der Waals surface area contributed by atoms with Crippen molar-refractivity contribution in [3.63, 3.8) is 0 Å². The zero-order valence-electron chi connectivity index (χ0n) is 12.2. The number of thiazole rings is 2. The molecule has 106 valence electrons. The van der Waals surface area contributed by atoms with Crippen LogP contribution >= 0.6 is 22.7 Å².